The predicted molar refractivity (Wildman–Crippen MR) is 114 cm³/mol. The predicted octanol–water partition coefficient (Wildman–Crippen LogP) is 5.89. The molecule has 0 saturated heterocycles. The Morgan fingerprint density at radius 3 is 1.93 bits per heavy atom. The maximum absolute atomic E-state index is 13.0. The second kappa shape index (κ2) is 7.87. The molecule has 3 rings (SSSR count). The molecular weight excluding hydrogens is 482 g/mol. The smallest absolute Gasteiger partial charge is 0.283 e. The molecule has 3 aromatic rings. The lowest BCUT2D eigenvalue weighted by Gasteiger charge is -2.35. The lowest BCUT2D eigenvalue weighted by Crippen LogP contribution is -2.39. The van der Waals surface area contributed by atoms with Gasteiger partial charge in [0, 0.05) is 21.2 Å². The van der Waals surface area contributed by atoms with E-state index in [1.54, 1.807) is 6.07 Å². The van der Waals surface area contributed by atoms with Gasteiger partial charge in [-0.15, -0.1) is 0 Å². The van der Waals surface area contributed by atoms with E-state index in [0.717, 1.165) is 6.07 Å². The molecule has 3 aromatic carbocycles. The largest absolute Gasteiger partial charge is 0.508 e. The Bertz CT molecular complexity index is 1180. The van der Waals surface area contributed by atoms with Gasteiger partial charge >= 0.3 is 0 Å². The molecule has 0 aromatic heterocycles. The first kappa shape index (κ1) is 22.0. The van der Waals surface area contributed by atoms with Crippen molar-refractivity contribution in [3.8, 4) is 11.5 Å². The van der Waals surface area contributed by atoms with Crippen LogP contribution in [0.1, 0.15) is 16.7 Å². The minimum Gasteiger partial charge on any atom is -0.508 e. The molecule has 29 heavy (non-hydrogen) atoms. The summed E-state index contributed by atoms with van der Waals surface area (Å²) in [4.78, 5) is 0. The van der Waals surface area contributed by atoms with Crippen LogP contribution in [0.4, 0.5) is 0 Å². The van der Waals surface area contributed by atoms with Gasteiger partial charge in [-0.25, -0.2) is 0 Å². The molecule has 0 aliphatic heterocycles. The molecule has 3 N–H and O–H groups in total. The molecule has 0 spiro atoms. The molecule has 0 amide bonds. The molecule has 0 fully saturated rings. The fraction of sp³-hybridized carbons (Fsp3) is 0.0526. The minimum absolute atomic E-state index is 0.0311. The van der Waals surface area contributed by atoms with E-state index in [1.807, 2.05) is 0 Å². The molecule has 0 heterocycles. The molecular formula is C19H12Cl4O5S. The SMILES string of the molecule is O=S(=O)(O)C(c1ccccc1)(c1c(O)cccc1Cl)c1c(Cl)cc(Cl)c(O)c1Cl. The molecule has 0 radical (unpaired) electrons. The van der Waals surface area contributed by atoms with Crippen molar-refractivity contribution >= 4 is 56.5 Å². The van der Waals surface area contributed by atoms with E-state index in [-0.39, 0.29) is 26.2 Å². The Hall–Kier alpha value is -1.67. The highest BCUT2D eigenvalue weighted by Crippen LogP contribution is 2.55. The molecule has 0 saturated carbocycles. The van der Waals surface area contributed by atoms with Crippen LogP contribution in [0.5, 0.6) is 11.5 Å². The molecule has 5 nitrogen and oxygen atoms in total. The van der Waals surface area contributed by atoms with Crippen molar-refractivity contribution in [3.05, 3.63) is 91.4 Å². The quantitative estimate of drug-likeness (QED) is 0.311. The Balaban J connectivity index is 2.70. The first-order valence-corrected chi connectivity index (χ1v) is 10.9. The second-order valence-corrected chi connectivity index (χ2v) is 9.20. The summed E-state index contributed by atoms with van der Waals surface area (Å²) in [5, 5.41) is 19.6. The highest BCUT2D eigenvalue weighted by atomic mass is 35.5. The zero-order valence-electron chi connectivity index (χ0n) is 14.3. The van der Waals surface area contributed by atoms with Gasteiger partial charge in [0.25, 0.3) is 10.1 Å². The van der Waals surface area contributed by atoms with Gasteiger partial charge in [-0.2, -0.15) is 8.42 Å². The molecule has 10 heteroatoms. The number of hydrogen-bond donors (Lipinski definition) is 3. The number of halogens is 4. The van der Waals surface area contributed by atoms with Crippen molar-refractivity contribution < 1.29 is 23.2 Å². The van der Waals surface area contributed by atoms with E-state index < -0.39 is 37.0 Å². The summed E-state index contributed by atoms with van der Waals surface area (Å²) >= 11 is 24.8. The standard InChI is InChI=1S/C19H12Cl4O5S/c20-11-7-4-8-14(24)15(11)19(29(26,27)28,10-5-2-1-3-6-10)16-12(21)9-13(22)18(25)17(16)23/h1-9,24-25H,(H,26,27,28). The lowest BCUT2D eigenvalue weighted by atomic mass is 9.83. The van der Waals surface area contributed by atoms with Crippen LogP contribution in [0.3, 0.4) is 0 Å². The summed E-state index contributed by atoms with van der Waals surface area (Å²) in [6.45, 7) is 0. The van der Waals surface area contributed by atoms with Gasteiger partial charge in [0.1, 0.15) is 5.75 Å². The van der Waals surface area contributed by atoms with Crippen molar-refractivity contribution in [3.63, 3.8) is 0 Å². The van der Waals surface area contributed by atoms with E-state index in [9.17, 15) is 23.2 Å². The third kappa shape index (κ3) is 3.44. The van der Waals surface area contributed by atoms with Crippen molar-refractivity contribution in [2.24, 2.45) is 0 Å². The van der Waals surface area contributed by atoms with Crippen molar-refractivity contribution in [1.82, 2.24) is 0 Å². The van der Waals surface area contributed by atoms with Crippen molar-refractivity contribution in [2.75, 3.05) is 0 Å². The molecule has 0 aliphatic rings. The molecule has 1 atom stereocenters. The zero-order chi connectivity index (χ0) is 21.6. The van der Waals surface area contributed by atoms with Gasteiger partial charge in [-0.05, 0) is 23.8 Å². The van der Waals surface area contributed by atoms with Gasteiger partial charge in [0.15, 0.2) is 10.5 Å². The number of benzene rings is 3. The fourth-order valence-corrected chi connectivity index (χ4v) is 6.16. The number of phenolic OH excluding ortho intramolecular Hbond substituents is 2. The van der Waals surface area contributed by atoms with E-state index in [2.05, 4.69) is 0 Å². The monoisotopic (exact) mass is 492 g/mol. The summed E-state index contributed by atoms with van der Waals surface area (Å²) < 4.78 is 34.0. The first-order valence-electron chi connectivity index (χ1n) is 7.91. The van der Waals surface area contributed by atoms with Crippen LogP contribution in [0.25, 0.3) is 0 Å². The maximum Gasteiger partial charge on any atom is 0.283 e. The molecule has 0 bridgehead atoms. The summed E-state index contributed by atoms with van der Waals surface area (Å²) in [5.41, 5.74) is -0.836. The van der Waals surface area contributed by atoms with E-state index in [4.69, 9.17) is 46.4 Å². The summed E-state index contributed by atoms with van der Waals surface area (Å²) in [5.74, 6) is -1.19. The summed E-state index contributed by atoms with van der Waals surface area (Å²) in [6, 6.07) is 12.4. The third-order valence-corrected chi connectivity index (χ3v) is 7.10. The number of hydrogen-bond acceptors (Lipinski definition) is 4. The lowest BCUT2D eigenvalue weighted by molar-refractivity contribution is 0.439. The average Bonchev–Trinajstić information content (AvgIpc) is 2.64. The van der Waals surface area contributed by atoms with Crippen LogP contribution in [-0.4, -0.2) is 23.2 Å². The van der Waals surface area contributed by atoms with Crippen molar-refractivity contribution in [2.45, 2.75) is 4.75 Å². The molecule has 1 unspecified atom stereocenters. The summed E-state index contributed by atoms with van der Waals surface area (Å²) in [7, 11) is -5.17. The fourth-order valence-electron chi connectivity index (χ4n) is 3.26. The van der Waals surface area contributed by atoms with Gasteiger partial charge < -0.3 is 10.2 Å². The van der Waals surface area contributed by atoms with Crippen LogP contribution in [0.15, 0.2) is 54.6 Å². The Labute approximate surface area is 186 Å². The van der Waals surface area contributed by atoms with E-state index in [1.165, 1.54) is 42.5 Å². The third-order valence-electron chi connectivity index (χ3n) is 4.41. The van der Waals surface area contributed by atoms with E-state index in [0.29, 0.717) is 0 Å². The molecule has 152 valence electrons. The van der Waals surface area contributed by atoms with Crippen LogP contribution in [-0.2, 0) is 14.9 Å². The normalized spacial score (nSPS) is 13.8. The summed E-state index contributed by atoms with van der Waals surface area (Å²) in [6.07, 6.45) is 0. The van der Waals surface area contributed by atoms with Gasteiger partial charge in [0.05, 0.1) is 10.0 Å². The Kier molecular flexibility index (Phi) is 5.98. The number of phenols is 2. The van der Waals surface area contributed by atoms with E-state index >= 15 is 0 Å². The van der Waals surface area contributed by atoms with Crippen LogP contribution >= 0.6 is 46.4 Å². The number of aromatic hydroxyl groups is 2. The van der Waals surface area contributed by atoms with Crippen molar-refractivity contribution in [1.29, 1.82) is 0 Å². The minimum atomic E-state index is -5.17. The number of rotatable bonds is 4. The average molecular weight is 494 g/mol. The molecule has 0 aliphatic carbocycles. The van der Waals surface area contributed by atoms with Gasteiger partial charge in [-0.3, -0.25) is 4.55 Å². The topological polar surface area (TPSA) is 94.8 Å². The zero-order valence-corrected chi connectivity index (χ0v) is 18.1. The second-order valence-electron chi connectivity index (χ2n) is 6.03. The Morgan fingerprint density at radius 2 is 1.38 bits per heavy atom. The van der Waals surface area contributed by atoms with Crippen LogP contribution < -0.4 is 0 Å². The van der Waals surface area contributed by atoms with Crippen LogP contribution in [0, 0.1) is 0 Å². The maximum atomic E-state index is 13.0. The van der Waals surface area contributed by atoms with Crippen LogP contribution in [0.2, 0.25) is 20.1 Å². The Morgan fingerprint density at radius 1 is 0.759 bits per heavy atom. The van der Waals surface area contributed by atoms with Gasteiger partial charge in [0.2, 0.25) is 0 Å². The van der Waals surface area contributed by atoms with Gasteiger partial charge in [-0.1, -0.05) is 82.8 Å². The highest BCUT2D eigenvalue weighted by molar-refractivity contribution is 7.87. The highest BCUT2D eigenvalue weighted by Gasteiger charge is 2.54. The first-order chi connectivity index (χ1) is 13.5.